The van der Waals surface area contributed by atoms with Crippen LogP contribution in [-0.4, -0.2) is 10.1 Å². The topological polar surface area (TPSA) is 36.0 Å². The van der Waals surface area contributed by atoms with Crippen molar-refractivity contribution in [2.45, 2.75) is 71.8 Å². The lowest BCUT2D eigenvalue weighted by atomic mass is 9.48. The minimum absolute atomic E-state index is 0.298. The van der Waals surface area contributed by atoms with Gasteiger partial charge in [-0.3, -0.25) is 0 Å². The van der Waals surface area contributed by atoms with E-state index < -0.39 is 0 Å². The molecule has 4 aliphatic carbocycles. The van der Waals surface area contributed by atoms with Gasteiger partial charge >= 0.3 is 0 Å². The van der Waals surface area contributed by atoms with Crippen LogP contribution < -0.4 is 0 Å². The fraction of sp³-hybridized carbons (Fsp3) is 0.789. The predicted octanol–water partition coefficient (Wildman–Crippen LogP) is 4.58. The highest BCUT2D eigenvalue weighted by Gasteiger charge is 2.51. The van der Waals surface area contributed by atoms with E-state index >= 15 is 0 Å². The van der Waals surface area contributed by atoms with E-state index in [1.165, 1.54) is 55.3 Å². The summed E-state index contributed by atoms with van der Waals surface area (Å²) in [5.41, 5.74) is 5.33. The molecule has 0 aliphatic heterocycles. The summed E-state index contributed by atoms with van der Waals surface area (Å²) in [6.45, 7) is 6.42. The Bertz CT molecular complexity index is 521. The first-order chi connectivity index (χ1) is 9.96. The van der Waals surface area contributed by atoms with Crippen molar-refractivity contribution in [2.24, 2.45) is 23.2 Å². The lowest BCUT2D eigenvalue weighted by molar-refractivity contribution is -0.0769. The maximum absolute atomic E-state index is 10.9. The molecule has 0 amide bonds. The number of aliphatic hydroxyl groups excluding tert-OH is 1. The van der Waals surface area contributed by atoms with Crippen molar-refractivity contribution in [1.29, 1.82) is 0 Å². The SMILES string of the molecule is Cc1[nH]c(C(O)CC23CC4CC(CC(C4)C2)C3)c(C)c1C. The van der Waals surface area contributed by atoms with E-state index in [-0.39, 0.29) is 6.10 Å². The van der Waals surface area contributed by atoms with Crippen LogP contribution in [0.2, 0.25) is 0 Å². The summed E-state index contributed by atoms with van der Waals surface area (Å²) in [7, 11) is 0. The molecular formula is C19H29NO. The van der Waals surface area contributed by atoms with Gasteiger partial charge in [0.1, 0.15) is 0 Å². The summed E-state index contributed by atoms with van der Waals surface area (Å²) in [6, 6.07) is 0. The highest BCUT2D eigenvalue weighted by atomic mass is 16.3. The Balaban J connectivity index is 1.56. The number of aryl methyl sites for hydroxylation is 1. The van der Waals surface area contributed by atoms with Crippen LogP contribution in [0.25, 0.3) is 0 Å². The van der Waals surface area contributed by atoms with Crippen molar-refractivity contribution < 1.29 is 5.11 Å². The Morgan fingerprint density at radius 1 is 1.00 bits per heavy atom. The Labute approximate surface area is 128 Å². The van der Waals surface area contributed by atoms with Gasteiger partial charge in [0, 0.05) is 11.4 Å². The van der Waals surface area contributed by atoms with E-state index in [4.69, 9.17) is 0 Å². The van der Waals surface area contributed by atoms with E-state index in [9.17, 15) is 5.11 Å². The maximum Gasteiger partial charge on any atom is 0.0945 e. The van der Waals surface area contributed by atoms with Crippen LogP contribution in [-0.2, 0) is 0 Å². The normalized spacial score (nSPS) is 39.0. The molecule has 4 aliphatic rings. The third-order valence-electron chi connectivity index (χ3n) is 6.98. The smallest absolute Gasteiger partial charge is 0.0945 e. The van der Waals surface area contributed by atoms with E-state index in [1.807, 2.05) is 0 Å². The molecule has 21 heavy (non-hydrogen) atoms. The highest BCUT2D eigenvalue weighted by Crippen LogP contribution is 2.62. The molecule has 5 rings (SSSR count). The molecule has 4 bridgehead atoms. The molecule has 116 valence electrons. The average Bonchev–Trinajstić information content (AvgIpc) is 2.64. The van der Waals surface area contributed by atoms with Gasteiger partial charge in [-0.25, -0.2) is 0 Å². The van der Waals surface area contributed by atoms with Gasteiger partial charge in [0.05, 0.1) is 6.10 Å². The quantitative estimate of drug-likeness (QED) is 0.838. The van der Waals surface area contributed by atoms with Crippen LogP contribution in [0.15, 0.2) is 0 Å². The monoisotopic (exact) mass is 287 g/mol. The van der Waals surface area contributed by atoms with Crippen LogP contribution >= 0.6 is 0 Å². The number of hydrogen-bond donors (Lipinski definition) is 2. The van der Waals surface area contributed by atoms with Gasteiger partial charge < -0.3 is 10.1 Å². The van der Waals surface area contributed by atoms with Crippen molar-refractivity contribution in [3.8, 4) is 0 Å². The number of rotatable bonds is 3. The predicted molar refractivity (Wildman–Crippen MR) is 85.2 cm³/mol. The van der Waals surface area contributed by atoms with E-state index in [0.717, 1.165) is 29.9 Å². The van der Waals surface area contributed by atoms with E-state index in [1.54, 1.807) is 0 Å². The Hall–Kier alpha value is -0.760. The summed E-state index contributed by atoms with van der Waals surface area (Å²) in [6.07, 6.45) is 9.28. The van der Waals surface area contributed by atoms with Gasteiger partial charge in [-0.05, 0) is 100 Å². The number of H-pyrrole nitrogens is 1. The number of aromatic nitrogens is 1. The molecule has 0 spiro atoms. The molecule has 0 saturated heterocycles. The van der Waals surface area contributed by atoms with Crippen LogP contribution in [0.1, 0.15) is 73.6 Å². The molecule has 2 heteroatoms. The van der Waals surface area contributed by atoms with Crippen LogP contribution in [0.5, 0.6) is 0 Å². The lowest BCUT2D eigenvalue weighted by Crippen LogP contribution is -2.46. The van der Waals surface area contributed by atoms with E-state index in [2.05, 4.69) is 25.8 Å². The first-order valence-electron chi connectivity index (χ1n) is 8.79. The first kappa shape index (κ1) is 13.9. The third kappa shape index (κ3) is 2.18. The molecule has 2 nitrogen and oxygen atoms in total. The zero-order valence-electron chi connectivity index (χ0n) is 13.7. The molecule has 0 aromatic carbocycles. The van der Waals surface area contributed by atoms with Crippen molar-refractivity contribution in [1.82, 2.24) is 4.98 Å². The molecule has 4 saturated carbocycles. The van der Waals surface area contributed by atoms with Gasteiger partial charge in [0.15, 0.2) is 0 Å². The molecular weight excluding hydrogens is 258 g/mol. The summed E-state index contributed by atoms with van der Waals surface area (Å²) >= 11 is 0. The van der Waals surface area contributed by atoms with Crippen molar-refractivity contribution >= 4 is 0 Å². The molecule has 4 fully saturated rings. The zero-order valence-corrected chi connectivity index (χ0v) is 13.7. The fourth-order valence-electron chi connectivity index (χ4n) is 6.26. The maximum atomic E-state index is 10.9. The number of aromatic amines is 1. The van der Waals surface area contributed by atoms with Crippen molar-refractivity contribution in [3.05, 3.63) is 22.5 Å². The van der Waals surface area contributed by atoms with E-state index in [0.29, 0.717) is 5.41 Å². The molecule has 1 unspecified atom stereocenters. The van der Waals surface area contributed by atoms with Gasteiger partial charge in [0.2, 0.25) is 0 Å². The second-order valence-corrected chi connectivity index (χ2v) is 8.55. The van der Waals surface area contributed by atoms with Gasteiger partial charge in [-0.15, -0.1) is 0 Å². The number of aliphatic hydroxyl groups is 1. The summed E-state index contributed by atoms with van der Waals surface area (Å²) < 4.78 is 0. The molecule has 1 aromatic rings. The second kappa shape index (κ2) is 4.62. The second-order valence-electron chi connectivity index (χ2n) is 8.55. The van der Waals surface area contributed by atoms with Crippen LogP contribution in [0.4, 0.5) is 0 Å². The summed E-state index contributed by atoms with van der Waals surface area (Å²) in [5.74, 6) is 2.91. The van der Waals surface area contributed by atoms with Crippen LogP contribution in [0, 0.1) is 43.9 Å². The molecule has 1 aromatic heterocycles. The highest BCUT2D eigenvalue weighted by molar-refractivity contribution is 5.35. The van der Waals surface area contributed by atoms with Gasteiger partial charge in [-0.1, -0.05) is 0 Å². The average molecular weight is 287 g/mol. The number of nitrogens with one attached hydrogen (secondary N) is 1. The van der Waals surface area contributed by atoms with Crippen molar-refractivity contribution in [3.63, 3.8) is 0 Å². The molecule has 2 N–H and O–H groups in total. The standard InChI is InChI=1S/C19H29NO/c1-11-12(2)18(20-13(11)3)17(21)10-19-7-14-4-15(8-19)6-16(5-14)9-19/h14-17,20-21H,4-10H2,1-3H3. The number of hydrogen-bond acceptors (Lipinski definition) is 1. The largest absolute Gasteiger partial charge is 0.387 e. The third-order valence-corrected chi connectivity index (χ3v) is 6.98. The van der Waals surface area contributed by atoms with Crippen molar-refractivity contribution in [2.75, 3.05) is 0 Å². The zero-order chi connectivity index (χ0) is 14.8. The van der Waals surface area contributed by atoms with Gasteiger partial charge in [0.25, 0.3) is 0 Å². The molecule has 1 heterocycles. The van der Waals surface area contributed by atoms with Gasteiger partial charge in [-0.2, -0.15) is 0 Å². The van der Waals surface area contributed by atoms with Crippen LogP contribution in [0.3, 0.4) is 0 Å². The fourth-order valence-corrected chi connectivity index (χ4v) is 6.26. The molecule has 1 atom stereocenters. The Morgan fingerprint density at radius 2 is 1.52 bits per heavy atom. The first-order valence-corrected chi connectivity index (χ1v) is 8.79. The molecule has 0 radical (unpaired) electrons. The minimum Gasteiger partial charge on any atom is -0.387 e. The minimum atomic E-state index is -0.298. The Morgan fingerprint density at radius 3 is 1.95 bits per heavy atom. The lowest BCUT2D eigenvalue weighted by Gasteiger charge is -2.57. The summed E-state index contributed by atoms with van der Waals surface area (Å²) in [5, 5.41) is 10.9. The Kier molecular flexibility index (Phi) is 3.05. The summed E-state index contributed by atoms with van der Waals surface area (Å²) in [4.78, 5) is 3.44.